The topological polar surface area (TPSA) is 20.3 Å². The van der Waals surface area contributed by atoms with E-state index in [-0.39, 0.29) is 11.9 Å². The molecule has 1 aromatic carbocycles. The number of carbonyl (C=O) groups excluding carboxylic acids is 1. The van der Waals surface area contributed by atoms with Gasteiger partial charge in [0.15, 0.2) is 0 Å². The van der Waals surface area contributed by atoms with Crippen LogP contribution in [0.25, 0.3) is 0 Å². The molecule has 0 N–H and O–H groups in total. The smallest absolute Gasteiger partial charge is 0.254 e. The number of alkyl halides is 1. The van der Waals surface area contributed by atoms with Crippen molar-refractivity contribution < 1.29 is 4.79 Å². The standard InChI is InChI=1S/C16H16ClNOS/c17-10-12-3-1-4-13(9-12)16(19)18-7-2-5-15(18)14-6-8-20-11-14/h1,3-4,6,8-9,11,15H,2,5,7,10H2. The van der Waals surface area contributed by atoms with E-state index in [1.165, 1.54) is 5.56 Å². The largest absolute Gasteiger partial charge is 0.332 e. The second-order valence-electron chi connectivity index (χ2n) is 5.05. The minimum absolute atomic E-state index is 0.116. The van der Waals surface area contributed by atoms with E-state index in [2.05, 4.69) is 16.8 Å². The highest BCUT2D eigenvalue weighted by Crippen LogP contribution is 2.34. The lowest BCUT2D eigenvalue weighted by Crippen LogP contribution is -2.30. The van der Waals surface area contributed by atoms with Gasteiger partial charge in [-0.15, -0.1) is 11.6 Å². The van der Waals surface area contributed by atoms with Crippen LogP contribution in [0.2, 0.25) is 0 Å². The molecule has 2 heterocycles. The molecule has 1 saturated heterocycles. The zero-order valence-electron chi connectivity index (χ0n) is 11.1. The first-order valence-electron chi connectivity index (χ1n) is 6.77. The van der Waals surface area contributed by atoms with Gasteiger partial charge in [0.1, 0.15) is 0 Å². The van der Waals surface area contributed by atoms with Gasteiger partial charge in [-0.2, -0.15) is 11.3 Å². The van der Waals surface area contributed by atoms with Crippen LogP contribution in [0.4, 0.5) is 0 Å². The van der Waals surface area contributed by atoms with Gasteiger partial charge < -0.3 is 4.90 Å². The Bertz CT molecular complexity index is 596. The molecule has 2 nitrogen and oxygen atoms in total. The lowest BCUT2D eigenvalue weighted by atomic mass is 10.1. The number of carbonyl (C=O) groups is 1. The summed E-state index contributed by atoms with van der Waals surface area (Å²) < 4.78 is 0. The molecule has 104 valence electrons. The summed E-state index contributed by atoms with van der Waals surface area (Å²) in [6, 6.07) is 9.98. The van der Waals surface area contributed by atoms with Crippen molar-refractivity contribution in [2.45, 2.75) is 24.8 Å². The predicted molar refractivity (Wildman–Crippen MR) is 83.3 cm³/mol. The van der Waals surface area contributed by atoms with Crippen LogP contribution in [0.5, 0.6) is 0 Å². The molecule has 0 aliphatic carbocycles. The van der Waals surface area contributed by atoms with Gasteiger partial charge in [0.2, 0.25) is 0 Å². The van der Waals surface area contributed by atoms with Gasteiger partial charge in [0.05, 0.1) is 6.04 Å². The molecule has 0 radical (unpaired) electrons. The Hall–Kier alpha value is -1.32. The average Bonchev–Trinajstić information content (AvgIpc) is 3.16. The minimum atomic E-state index is 0.116. The molecular formula is C16H16ClNOS. The SMILES string of the molecule is O=C(c1cccc(CCl)c1)N1CCCC1c1ccsc1. The molecule has 4 heteroatoms. The van der Waals surface area contributed by atoms with E-state index in [4.69, 9.17) is 11.6 Å². The Balaban J connectivity index is 1.85. The van der Waals surface area contributed by atoms with Crippen molar-refractivity contribution in [3.05, 3.63) is 57.8 Å². The first-order valence-corrected chi connectivity index (χ1v) is 8.25. The number of halogens is 1. The van der Waals surface area contributed by atoms with Crippen molar-refractivity contribution in [2.75, 3.05) is 6.54 Å². The fourth-order valence-corrected chi connectivity index (χ4v) is 3.65. The van der Waals surface area contributed by atoms with Crippen LogP contribution < -0.4 is 0 Å². The van der Waals surface area contributed by atoms with E-state index in [0.717, 1.165) is 30.5 Å². The maximum Gasteiger partial charge on any atom is 0.254 e. The van der Waals surface area contributed by atoms with Crippen LogP contribution in [0, 0.1) is 0 Å². The summed E-state index contributed by atoms with van der Waals surface area (Å²) in [6.45, 7) is 0.838. The second-order valence-corrected chi connectivity index (χ2v) is 6.09. The quantitative estimate of drug-likeness (QED) is 0.766. The number of rotatable bonds is 3. The molecule has 1 aliphatic heterocycles. The minimum Gasteiger partial charge on any atom is -0.332 e. The van der Waals surface area contributed by atoms with E-state index < -0.39 is 0 Å². The molecule has 0 spiro atoms. The van der Waals surface area contributed by atoms with Gasteiger partial charge in [0, 0.05) is 18.0 Å². The van der Waals surface area contributed by atoms with E-state index >= 15 is 0 Å². The fourth-order valence-electron chi connectivity index (χ4n) is 2.77. The lowest BCUT2D eigenvalue weighted by Gasteiger charge is -2.24. The highest BCUT2D eigenvalue weighted by molar-refractivity contribution is 7.08. The highest BCUT2D eigenvalue weighted by atomic mass is 35.5. The van der Waals surface area contributed by atoms with Crippen molar-refractivity contribution >= 4 is 28.8 Å². The molecule has 3 rings (SSSR count). The average molecular weight is 306 g/mol. The van der Waals surface area contributed by atoms with Crippen molar-refractivity contribution in [1.82, 2.24) is 4.90 Å². The zero-order chi connectivity index (χ0) is 13.9. The van der Waals surface area contributed by atoms with Crippen LogP contribution in [0.1, 0.15) is 40.4 Å². The van der Waals surface area contributed by atoms with E-state index in [1.54, 1.807) is 11.3 Å². The molecule has 0 bridgehead atoms. The third-order valence-corrected chi connectivity index (χ3v) is 4.78. The number of hydrogen-bond donors (Lipinski definition) is 0. The summed E-state index contributed by atoms with van der Waals surface area (Å²) in [6.07, 6.45) is 2.12. The van der Waals surface area contributed by atoms with Gasteiger partial charge in [-0.05, 0) is 52.9 Å². The number of thiophene rings is 1. The molecule has 1 amide bonds. The highest BCUT2D eigenvalue weighted by Gasteiger charge is 2.30. The van der Waals surface area contributed by atoms with E-state index in [9.17, 15) is 4.79 Å². The Labute approximate surface area is 128 Å². The van der Waals surface area contributed by atoms with Crippen LogP contribution in [0.3, 0.4) is 0 Å². The molecule has 1 fully saturated rings. The van der Waals surface area contributed by atoms with Crippen LogP contribution in [-0.4, -0.2) is 17.4 Å². The van der Waals surface area contributed by atoms with Crippen molar-refractivity contribution in [3.63, 3.8) is 0 Å². The number of benzene rings is 1. The molecular weight excluding hydrogens is 290 g/mol. The Kier molecular flexibility index (Phi) is 4.08. The Morgan fingerprint density at radius 2 is 2.30 bits per heavy atom. The number of likely N-dealkylation sites (tertiary alicyclic amines) is 1. The predicted octanol–water partition coefficient (Wildman–Crippen LogP) is 4.46. The van der Waals surface area contributed by atoms with Gasteiger partial charge in [-0.3, -0.25) is 4.79 Å². The molecule has 1 unspecified atom stereocenters. The van der Waals surface area contributed by atoms with Gasteiger partial charge >= 0.3 is 0 Å². The normalized spacial score (nSPS) is 18.4. The van der Waals surface area contributed by atoms with Crippen LogP contribution >= 0.6 is 22.9 Å². The Morgan fingerprint density at radius 3 is 3.05 bits per heavy atom. The van der Waals surface area contributed by atoms with Crippen molar-refractivity contribution in [1.29, 1.82) is 0 Å². The fraction of sp³-hybridized carbons (Fsp3) is 0.312. The summed E-state index contributed by atoms with van der Waals surface area (Å²) in [5.41, 5.74) is 2.99. The number of amides is 1. The summed E-state index contributed by atoms with van der Waals surface area (Å²) in [7, 11) is 0. The monoisotopic (exact) mass is 305 g/mol. The number of hydrogen-bond acceptors (Lipinski definition) is 2. The molecule has 1 aliphatic rings. The van der Waals surface area contributed by atoms with E-state index in [0.29, 0.717) is 5.88 Å². The lowest BCUT2D eigenvalue weighted by molar-refractivity contribution is 0.0736. The van der Waals surface area contributed by atoms with Gasteiger partial charge in [0.25, 0.3) is 5.91 Å². The maximum atomic E-state index is 12.7. The summed E-state index contributed by atoms with van der Waals surface area (Å²) in [5, 5.41) is 4.22. The zero-order valence-corrected chi connectivity index (χ0v) is 12.7. The molecule has 20 heavy (non-hydrogen) atoms. The summed E-state index contributed by atoms with van der Waals surface area (Å²) in [4.78, 5) is 14.7. The molecule has 0 saturated carbocycles. The van der Waals surface area contributed by atoms with Crippen molar-refractivity contribution in [2.24, 2.45) is 0 Å². The molecule has 1 atom stereocenters. The van der Waals surface area contributed by atoms with Gasteiger partial charge in [-0.1, -0.05) is 12.1 Å². The van der Waals surface area contributed by atoms with Crippen LogP contribution in [0.15, 0.2) is 41.1 Å². The third-order valence-electron chi connectivity index (χ3n) is 3.77. The van der Waals surface area contributed by atoms with E-state index in [1.807, 2.05) is 29.2 Å². The molecule has 1 aromatic heterocycles. The van der Waals surface area contributed by atoms with Gasteiger partial charge in [-0.25, -0.2) is 0 Å². The summed E-state index contributed by atoms with van der Waals surface area (Å²) in [5.74, 6) is 0.556. The first kappa shape index (κ1) is 13.7. The van der Waals surface area contributed by atoms with Crippen LogP contribution in [-0.2, 0) is 5.88 Å². The molecule has 2 aromatic rings. The maximum absolute atomic E-state index is 12.7. The third kappa shape index (κ3) is 2.60. The Morgan fingerprint density at radius 1 is 1.40 bits per heavy atom. The van der Waals surface area contributed by atoms with Crippen molar-refractivity contribution in [3.8, 4) is 0 Å². The number of nitrogens with zero attached hydrogens (tertiary/aromatic N) is 1. The first-order chi connectivity index (χ1) is 9.79. The second kappa shape index (κ2) is 5.98. The summed E-state index contributed by atoms with van der Waals surface area (Å²) >= 11 is 7.54.